The molecule has 1 N–H and O–H groups in total. The second-order valence-electron chi connectivity index (χ2n) is 6.40. The lowest BCUT2D eigenvalue weighted by molar-refractivity contribution is -0.155. The minimum absolute atomic E-state index is 0.0367. The fourth-order valence-corrected chi connectivity index (χ4v) is 4.83. The summed E-state index contributed by atoms with van der Waals surface area (Å²) in [4.78, 5) is 37.6. The number of hydrogen-bond donors (Lipinski definition) is 1. The van der Waals surface area contributed by atoms with Crippen LogP contribution in [0.1, 0.15) is 25.3 Å². The van der Waals surface area contributed by atoms with Gasteiger partial charge in [-0.15, -0.1) is 11.8 Å². The average Bonchev–Trinajstić information content (AvgIpc) is 3.04. The van der Waals surface area contributed by atoms with Gasteiger partial charge in [-0.2, -0.15) is 0 Å². The summed E-state index contributed by atoms with van der Waals surface area (Å²) in [6.45, 7) is 3.44. The Labute approximate surface area is 155 Å². The molecule has 2 fully saturated rings. The number of nitrogens with one attached hydrogen (secondary N) is 1. The van der Waals surface area contributed by atoms with Gasteiger partial charge < -0.3 is 15.0 Å². The van der Waals surface area contributed by atoms with Crippen molar-refractivity contribution in [3.63, 3.8) is 0 Å². The first-order valence-electron chi connectivity index (χ1n) is 7.99. The fraction of sp³-hybridized carbons (Fsp3) is 0.471. The Kier molecular flexibility index (Phi) is 4.97. The number of aryl methyl sites for hydroxylation is 1. The molecule has 134 valence electrons. The van der Waals surface area contributed by atoms with Crippen molar-refractivity contribution < 1.29 is 19.1 Å². The summed E-state index contributed by atoms with van der Waals surface area (Å²) in [5.41, 5.74) is 1.44. The van der Waals surface area contributed by atoms with Crippen molar-refractivity contribution in [3.8, 4) is 0 Å². The van der Waals surface area contributed by atoms with E-state index in [1.165, 1.54) is 0 Å². The highest BCUT2D eigenvalue weighted by Gasteiger charge is 2.53. The van der Waals surface area contributed by atoms with E-state index in [-0.39, 0.29) is 10.8 Å². The second-order valence-corrected chi connectivity index (χ2v) is 8.31. The summed E-state index contributed by atoms with van der Waals surface area (Å²) < 4.78 is 5.12. The summed E-state index contributed by atoms with van der Waals surface area (Å²) in [6.07, 6.45) is 1.17. The van der Waals surface area contributed by atoms with E-state index >= 15 is 0 Å². The molecule has 2 heterocycles. The van der Waals surface area contributed by atoms with E-state index in [1.807, 2.05) is 19.9 Å². The highest BCUT2D eigenvalue weighted by atomic mass is 35.5. The largest absolute Gasteiger partial charge is 0.454 e. The second kappa shape index (κ2) is 6.88. The Morgan fingerprint density at radius 1 is 1.48 bits per heavy atom. The molecule has 2 aliphatic heterocycles. The lowest BCUT2D eigenvalue weighted by Gasteiger charge is -2.29. The molecule has 0 radical (unpaired) electrons. The number of halogens is 1. The van der Waals surface area contributed by atoms with Crippen LogP contribution in [0.4, 0.5) is 5.69 Å². The molecule has 0 bridgehead atoms. The number of hydrogen-bond acceptors (Lipinski definition) is 5. The van der Waals surface area contributed by atoms with Crippen LogP contribution >= 0.6 is 23.4 Å². The van der Waals surface area contributed by atoms with Crippen LogP contribution in [0.15, 0.2) is 18.2 Å². The number of thioether (sulfide) groups is 1. The van der Waals surface area contributed by atoms with E-state index in [4.69, 9.17) is 16.3 Å². The molecule has 0 saturated carbocycles. The standard InChI is InChI=1S/C17H19ClN2O4S/c1-10-3-4-12(11(18)7-10)19-14(21)8-24-16(23)13-9-25-17(2)6-5-15(22)20(13)17/h3-4,7,13H,5-6,8-9H2,1-2H3,(H,19,21)/t13-,17-/m1/s1. The Morgan fingerprint density at radius 2 is 2.24 bits per heavy atom. The zero-order valence-electron chi connectivity index (χ0n) is 14.0. The van der Waals surface area contributed by atoms with E-state index in [1.54, 1.807) is 28.8 Å². The van der Waals surface area contributed by atoms with Crippen molar-refractivity contribution in [1.82, 2.24) is 4.90 Å². The average molecular weight is 383 g/mol. The van der Waals surface area contributed by atoms with E-state index in [0.717, 1.165) is 12.0 Å². The smallest absolute Gasteiger partial charge is 0.330 e. The van der Waals surface area contributed by atoms with Gasteiger partial charge in [-0.25, -0.2) is 4.79 Å². The van der Waals surface area contributed by atoms with Crippen molar-refractivity contribution in [3.05, 3.63) is 28.8 Å². The van der Waals surface area contributed by atoms with Gasteiger partial charge in [-0.05, 0) is 38.0 Å². The number of carbonyl (C=O) groups excluding carboxylic acids is 3. The SMILES string of the molecule is Cc1ccc(NC(=O)COC(=O)[C@H]2CS[C@]3(C)CCC(=O)N23)c(Cl)c1. The molecule has 0 aliphatic carbocycles. The maximum absolute atomic E-state index is 12.3. The third-order valence-electron chi connectivity index (χ3n) is 4.46. The third kappa shape index (κ3) is 3.62. The van der Waals surface area contributed by atoms with Gasteiger partial charge >= 0.3 is 5.97 Å². The van der Waals surface area contributed by atoms with Crippen LogP contribution in [0.25, 0.3) is 0 Å². The van der Waals surface area contributed by atoms with Gasteiger partial charge in [0.2, 0.25) is 5.91 Å². The number of benzene rings is 1. The maximum atomic E-state index is 12.3. The topological polar surface area (TPSA) is 75.7 Å². The molecular formula is C17H19ClN2O4S. The minimum atomic E-state index is -0.624. The predicted octanol–water partition coefficient (Wildman–Crippen LogP) is 2.58. The van der Waals surface area contributed by atoms with Crippen LogP contribution in [-0.4, -0.2) is 46.0 Å². The molecule has 6 nitrogen and oxygen atoms in total. The van der Waals surface area contributed by atoms with Gasteiger partial charge in [0.25, 0.3) is 5.91 Å². The molecule has 2 amide bonds. The highest BCUT2D eigenvalue weighted by Crippen LogP contribution is 2.47. The summed E-state index contributed by atoms with van der Waals surface area (Å²) in [5.74, 6) is -0.561. The van der Waals surface area contributed by atoms with Crippen LogP contribution in [0.2, 0.25) is 5.02 Å². The molecular weight excluding hydrogens is 364 g/mol. The zero-order chi connectivity index (χ0) is 18.2. The van der Waals surface area contributed by atoms with E-state index in [2.05, 4.69) is 5.32 Å². The zero-order valence-corrected chi connectivity index (χ0v) is 15.6. The minimum Gasteiger partial charge on any atom is -0.454 e. The first kappa shape index (κ1) is 18.1. The summed E-state index contributed by atoms with van der Waals surface area (Å²) in [5, 5.41) is 3.03. The first-order chi connectivity index (χ1) is 11.8. The highest BCUT2D eigenvalue weighted by molar-refractivity contribution is 8.01. The van der Waals surface area contributed by atoms with Crippen molar-refractivity contribution >= 4 is 46.8 Å². The van der Waals surface area contributed by atoms with Gasteiger partial charge in [-0.3, -0.25) is 9.59 Å². The molecule has 1 aromatic carbocycles. The molecule has 0 aromatic heterocycles. The number of rotatable bonds is 4. The van der Waals surface area contributed by atoms with E-state index < -0.39 is 24.5 Å². The summed E-state index contributed by atoms with van der Waals surface area (Å²) in [7, 11) is 0. The van der Waals surface area contributed by atoms with Gasteiger partial charge in [0, 0.05) is 12.2 Å². The Morgan fingerprint density at radius 3 is 2.96 bits per heavy atom. The number of anilines is 1. The van der Waals surface area contributed by atoms with Crippen molar-refractivity contribution in [1.29, 1.82) is 0 Å². The number of amides is 2. The van der Waals surface area contributed by atoms with E-state index in [9.17, 15) is 14.4 Å². The van der Waals surface area contributed by atoms with Crippen LogP contribution in [-0.2, 0) is 19.1 Å². The number of fused-ring (bicyclic) bond motifs is 1. The van der Waals surface area contributed by atoms with E-state index in [0.29, 0.717) is 22.9 Å². The third-order valence-corrected chi connectivity index (χ3v) is 6.28. The quantitative estimate of drug-likeness (QED) is 0.810. The van der Waals surface area contributed by atoms with Crippen LogP contribution in [0.5, 0.6) is 0 Å². The fourth-order valence-electron chi connectivity index (χ4n) is 3.14. The molecule has 25 heavy (non-hydrogen) atoms. The number of nitrogens with zero attached hydrogens (tertiary/aromatic N) is 1. The Hall–Kier alpha value is -1.73. The molecule has 2 saturated heterocycles. The van der Waals surface area contributed by atoms with Crippen molar-refractivity contribution in [2.75, 3.05) is 17.7 Å². The number of carbonyl (C=O) groups is 3. The Balaban J connectivity index is 1.55. The molecule has 3 rings (SSSR count). The van der Waals surface area contributed by atoms with Gasteiger partial charge in [0.1, 0.15) is 6.04 Å². The first-order valence-corrected chi connectivity index (χ1v) is 9.35. The molecule has 0 unspecified atom stereocenters. The lowest BCUT2D eigenvalue weighted by Crippen LogP contribution is -2.47. The summed E-state index contributed by atoms with van der Waals surface area (Å²) >= 11 is 7.64. The lowest BCUT2D eigenvalue weighted by atomic mass is 10.2. The Bertz CT molecular complexity index is 741. The van der Waals surface area contributed by atoms with Gasteiger partial charge in [0.15, 0.2) is 6.61 Å². The number of esters is 1. The molecule has 8 heteroatoms. The molecule has 2 aliphatic rings. The van der Waals surface area contributed by atoms with Crippen molar-refractivity contribution in [2.24, 2.45) is 0 Å². The number of ether oxygens (including phenoxy) is 1. The maximum Gasteiger partial charge on any atom is 0.330 e. The monoisotopic (exact) mass is 382 g/mol. The van der Waals surface area contributed by atoms with Gasteiger partial charge in [0.05, 0.1) is 15.6 Å². The van der Waals surface area contributed by atoms with Crippen LogP contribution in [0.3, 0.4) is 0 Å². The molecule has 1 aromatic rings. The summed E-state index contributed by atoms with van der Waals surface area (Å²) in [6, 6.07) is 4.63. The van der Waals surface area contributed by atoms with Crippen molar-refractivity contribution in [2.45, 2.75) is 37.6 Å². The van der Waals surface area contributed by atoms with Crippen LogP contribution < -0.4 is 5.32 Å². The van der Waals surface area contributed by atoms with Crippen LogP contribution in [0, 0.1) is 6.92 Å². The predicted molar refractivity (Wildman–Crippen MR) is 96.5 cm³/mol. The van der Waals surface area contributed by atoms with Gasteiger partial charge in [-0.1, -0.05) is 17.7 Å². The normalized spacial score (nSPS) is 25.0. The molecule has 2 atom stereocenters. The molecule has 0 spiro atoms.